The minimum Gasteiger partial charge on any atom is -0.343 e. The van der Waals surface area contributed by atoms with Gasteiger partial charge in [-0.3, -0.25) is 4.98 Å². The van der Waals surface area contributed by atoms with Crippen LogP contribution in [0.3, 0.4) is 0 Å². The number of pyridine rings is 1. The molecule has 0 amide bonds. The van der Waals surface area contributed by atoms with Crippen molar-refractivity contribution in [1.82, 2.24) is 9.55 Å². The molecule has 0 unspecified atom stereocenters. The van der Waals surface area contributed by atoms with Gasteiger partial charge in [0.1, 0.15) is 0 Å². The molecule has 3 rings (SSSR count). The van der Waals surface area contributed by atoms with E-state index in [1.807, 2.05) is 40.1 Å². The molecular weight excluding hydrogens is 232 g/mol. The molecule has 0 saturated carbocycles. The minimum atomic E-state index is 1.23. The Morgan fingerprint density at radius 1 is 0.947 bits per heavy atom. The molecule has 2 heterocycles. The number of aromatic nitrogens is 2. The summed E-state index contributed by atoms with van der Waals surface area (Å²) in [6.07, 6.45) is 3.79. The summed E-state index contributed by atoms with van der Waals surface area (Å²) in [6.45, 7) is 10.1. The normalized spacial score (nSPS) is 9.58. The number of para-hydroxylation sites is 1. The Labute approximate surface area is 116 Å². The number of rotatable bonds is 0. The van der Waals surface area contributed by atoms with Crippen LogP contribution in [0.1, 0.15) is 33.3 Å². The van der Waals surface area contributed by atoms with Gasteiger partial charge in [-0.05, 0) is 18.6 Å². The molecule has 0 aliphatic carbocycles. The van der Waals surface area contributed by atoms with Gasteiger partial charge in [-0.1, -0.05) is 45.9 Å². The van der Waals surface area contributed by atoms with Crippen LogP contribution in [0.25, 0.3) is 21.8 Å². The zero-order valence-corrected chi connectivity index (χ0v) is 12.9. The number of nitrogens with zero attached hydrogens (tertiary/aromatic N) is 2. The van der Waals surface area contributed by atoms with Crippen molar-refractivity contribution >= 4 is 21.8 Å². The second-order valence-corrected chi connectivity index (χ2v) is 3.92. The van der Waals surface area contributed by atoms with E-state index in [-0.39, 0.29) is 0 Å². The molecule has 2 heteroatoms. The molecule has 0 aliphatic heterocycles. The number of benzene rings is 1. The molecule has 0 bridgehead atoms. The predicted octanol–water partition coefficient (Wildman–Crippen LogP) is 5.09. The highest BCUT2D eigenvalue weighted by molar-refractivity contribution is 6.08. The van der Waals surface area contributed by atoms with Gasteiger partial charge in [0.05, 0.1) is 11.0 Å². The topological polar surface area (TPSA) is 17.8 Å². The van der Waals surface area contributed by atoms with Crippen LogP contribution in [-0.2, 0) is 7.05 Å². The molecule has 0 atom stereocenters. The highest BCUT2D eigenvalue weighted by atomic mass is 14.9. The van der Waals surface area contributed by atoms with Crippen LogP contribution in [0.4, 0.5) is 0 Å². The van der Waals surface area contributed by atoms with E-state index in [2.05, 4.69) is 47.8 Å². The maximum Gasteiger partial charge on any atom is 0.0519 e. The SMILES string of the molecule is CC.CC.Cc1cccc2c3cnccc3n(C)c12. The first-order chi connectivity index (χ1) is 9.29. The molecule has 102 valence electrons. The first kappa shape index (κ1) is 15.2. The first-order valence-corrected chi connectivity index (χ1v) is 7.07. The lowest BCUT2D eigenvalue weighted by Gasteiger charge is -2.00. The van der Waals surface area contributed by atoms with Crippen LogP contribution in [0.2, 0.25) is 0 Å². The third-order valence-electron chi connectivity index (χ3n) is 3.02. The van der Waals surface area contributed by atoms with Crippen LogP contribution < -0.4 is 0 Å². The quantitative estimate of drug-likeness (QED) is 0.548. The Morgan fingerprint density at radius 2 is 1.63 bits per heavy atom. The Balaban J connectivity index is 0.000000415. The minimum absolute atomic E-state index is 1.23. The van der Waals surface area contributed by atoms with Crippen LogP contribution in [0.15, 0.2) is 36.7 Å². The molecule has 0 N–H and O–H groups in total. The summed E-state index contributed by atoms with van der Waals surface area (Å²) in [4.78, 5) is 4.19. The van der Waals surface area contributed by atoms with E-state index >= 15 is 0 Å². The van der Waals surface area contributed by atoms with Crippen LogP contribution in [0, 0.1) is 6.92 Å². The zero-order valence-electron chi connectivity index (χ0n) is 12.9. The van der Waals surface area contributed by atoms with Crippen LogP contribution in [0.5, 0.6) is 0 Å². The smallest absolute Gasteiger partial charge is 0.0519 e. The van der Waals surface area contributed by atoms with Gasteiger partial charge in [-0.15, -0.1) is 0 Å². The number of hydrogen-bond donors (Lipinski definition) is 0. The fourth-order valence-corrected chi connectivity index (χ4v) is 2.33. The van der Waals surface area contributed by atoms with E-state index in [0.29, 0.717) is 0 Å². The molecule has 0 saturated heterocycles. The highest BCUT2D eigenvalue weighted by Crippen LogP contribution is 2.28. The Morgan fingerprint density at radius 3 is 2.32 bits per heavy atom. The summed E-state index contributed by atoms with van der Waals surface area (Å²) >= 11 is 0. The third-order valence-corrected chi connectivity index (χ3v) is 3.02. The predicted molar refractivity (Wildman–Crippen MR) is 85.7 cm³/mol. The lowest BCUT2D eigenvalue weighted by Crippen LogP contribution is -1.88. The molecule has 1 aromatic carbocycles. The summed E-state index contributed by atoms with van der Waals surface area (Å²) in [7, 11) is 2.11. The van der Waals surface area contributed by atoms with E-state index < -0.39 is 0 Å². The molecule has 2 aromatic heterocycles. The fraction of sp³-hybridized carbons (Fsp3) is 0.353. The van der Waals surface area contributed by atoms with Gasteiger partial charge in [0.2, 0.25) is 0 Å². The average Bonchev–Trinajstić information content (AvgIpc) is 2.79. The second-order valence-electron chi connectivity index (χ2n) is 3.92. The van der Waals surface area contributed by atoms with Crippen molar-refractivity contribution in [3.8, 4) is 0 Å². The molecule has 2 nitrogen and oxygen atoms in total. The zero-order chi connectivity index (χ0) is 14.4. The van der Waals surface area contributed by atoms with Crippen molar-refractivity contribution < 1.29 is 0 Å². The summed E-state index contributed by atoms with van der Waals surface area (Å²) in [5, 5.41) is 2.53. The second kappa shape index (κ2) is 6.93. The van der Waals surface area contributed by atoms with Crippen molar-refractivity contribution in [3.63, 3.8) is 0 Å². The van der Waals surface area contributed by atoms with Crippen molar-refractivity contribution in [2.24, 2.45) is 7.05 Å². The van der Waals surface area contributed by atoms with Gasteiger partial charge >= 0.3 is 0 Å². The largest absolute Gasteiger partial charge is 0.343 e. The summed E-state index contributed by atoms with van der Waals surface area (Å²) < 4.78 is 2.24. The Hall–Kier alpha value is -1.83. The first-order valence-electron chi connectivity index (χ1n) is 7.07. The van der Waals surface area contributed by atoms with Gasteiger partial charge in [-0.2, -0.15) is 0 Å². The highest BCUT2D eigenvalue weighted by Gasteiger charge is 2.08. The standard InChI is InChI=1S/C13H12N2.2C2H6/c1-9-4-3-5-10-11-8-14-7-6-12(11)15(2)13(9)10;2*1-2/h3-8H,1-2H3;2*1-2H3. The molecule has 0 aliphatic rings. The van der Waals surface area contributed by atoms with Gasteiger partial charge in [0.15, 0.2) is 0 Å². The molecular formula is C17H24N2. The van der Waals surface area contributed by atoms with E-state index in [0.717, 1.165) is 0 Å². The summed E-state index contributed by atoms with van der Waals surface area (Å²) in [6, 6.07) is 8.47. The van der Waals surface area contributed by atoms with Crippen LogP contribution >= 0.6 is 0 Å². The number of aryl methyl sites for hydroxylation is 2. The number of fused-ring (bicyclic) bond motifs is 3. The van der Waals surface area contributed by atoms with Gasteiger partial charge in [0.25, 0.3) is 0 Å². The van der Waals surface area contributed by atoms with Crippen molar-refractivity contribution in [2.75, 3.05) is 0 Å². The van der Waals surface area contributed by atoms with Gasteiger partial charge in [0, 0.05) is 30.2 Å². The molecule has 0 fully saturated rings. The summed E-state index contributed by atoms with van der Waals surface area (Å²) in [5.74, 6) is 0. The van der Waals surface area contributed by atoms with Crippen LogP contribution in [-0.4, -0.2) is 9.55 Å². The Kier molecular flexibility index (Phi) is 5.56. The maximum absolute atomic E-state index is 4.19. The van der Waals surface area contributed by atoms with E-state index in [1.165, 1.54) is 27.4 Å². The van der Waals surface area contributed by atoms with Gasteiger partial charge in [-0.25, -0.2) is 0 Å². The molecule has 0 spiro atoms. The van der Waals surface area contributed by atoms with Crippen molar-refractivity contribution in [3.05, 3.63) is 42.2 Å². The third kappa shape index (κ3) is 2.62. The fourth-order valence-electron chi connectivity index (χ4n) is 2.33. The monoisotopic (exact) mass is 256 g/mol. The van der Waals surface area contributed by atoms with Gasteiger partial charge < -0.3 is 4.57 Å². The van der Waals surface area contributed by atoms with E-state index in [9.17, 15) is 0 Å². The Bertz CT molecular complexity index is 651. The van der Waals surface area contributed by atoms with E-state index in [4.69, 9.17) is 0 Å². The van der Waals surface area contributed by atoms with Crippen molar-refractivity contribution in [1.29, 1.82) is 0 Å². The lowest BCUT2D eigenvalue weighted by molar-refractivity contribution is 1.01. The number of hydrogen-bond acceptors (Lipinski definition) is 1. The maximum atomic E-state index is 4.19. The van der Waals surface area contributed by atoms with E-state index in [1.54, 1.807) is 0 Å². The average molecular weight is 256 g/mol. The summed E-state index contributed by atoms with van der Waals surface area (Å²) in [5.41, 5.74) is 3.86. The molecule has 3 aromatic rings. The molecule has 0 radical (unpaired) electrons. The van der Waals surface area contributed by atoms with Crippen molar-refractivity contribution in [2.45, 2.75) is 34.6 Å². The lowest BCUT2D eigenvalue weighted by atomic mass is 10.1. The molecule has 19 heavy (non-hydrogen) atoms.